The number of hydrogen-bond acceptors (Lipinski definition) is 11. The lowest BCUT2D eigenvalue weighted by molar-refractivity contribution is -0.331. The molecule has 12 heteroatoms. The molecule has 12 nitrogen and oxygen atoms in total. The molecule has 0 spiro atoms. The highest BCUT2D eigenvalue weighted by atomic mass is 16.7. The molecule has 0 aliphatic carbocycles. The van der Waals surface area contributed by atoms with Gasteiger partial charge in [-0.05, 0) is 18.6 Å². The van der Waals surface area contributed by atoms with E-state index in [1.807, 2.05) is 27.7 Å². The van der Waals surface area contributed by atoms with Gasteiger partial charge in [-0.1, -0.05) is 27.4 Å². The topological polar surface area (TPSA) is 148 Å². The third kappa shape index (κ3) is 7.17. The van der Waals surface area contributed by atoms with Crippen molar-refractivity contribution >= 4 is 17.8 Å². The number of allylic oxidation sites excluding steroid dienone is 1. The summed E-state index contributed by atoms with van der Waals surface area (Å²) in [5, 5.41) is 13.4. The number of amides is 1. The van der Waals surface area contributed by atoms with Crippen LogP contribution in [0.5, 0.6) is 0 Å². The molecule has 3 aliphatic heterocycles. The van der Waals surface area contributed by atoms with Crippen molar-refractivity contribution in [2.24, 2.45) is 11.3 Å². The van der Waals surface area contributed by atoms with Crippen molar-refractivity contribution in [3.63, 3.8) is 0 Å². The molecule has 2 fully saturated rings. The van der Waals surface area contributed by atoms with Gasteiger partial charge >= 0.3 is 11.9 Å². The normalized spacial score (nSPS) is 33.5. The van der Waals surface area contributed by atoms with E-state index in [9.17, 15) is 19.5 Å². The first kappa shape index (κ1) is 31.0. The minimum atomic E-state index is -1.59. The predicted octanol–water partition coefficient (Wildman–Crippen LogP) is 1.35. The van der Waals surface area contributed by atoms with Crippen LogP contribution in [0.3, 0.4) is 0 Å². The van der Waals surface area contributed by atoms with Crippen LogP contribution in [0.2, 0.25) is 0 Å². The number of hydrogen-bond donors (Lipinski definition) is 2. The second kappa shape index (κ2) is 12.8. The molecule has 2 saturated heterocycles. The third-order valence-electron chi connectivity index (χ3n) is 7.59. The molecule has 0 saturated carbocycles. The molecule has 220 valence electrons. The first-order valence-electron chi connectivity index (χ1n) is 13.0. The van der Waals surface area contributed by atoms with E-state index in [0.717, 1.165) is 5.57 Å². The zero-order valence-electron chi connectivity index (χ0n) is 23.6. The maximum atomic E-state index is 13.1. The van der Waals surface area contributed by atoms with Crippen LogP contribution in [0.25, 0.3) is 0 Å². The Balaban J connectivity index is 1.79. The van der Waals surface area contributed by atoms with Gasteiger partial charge in [0.2, 0.25) is 0 Å². The van der Waals surface area contributed by atoms with Crippen molar-refractivity contribution in [2.45, 2.75) is 96.9 Å². The van der Waals surface area contributed by atoms with Gasteiger partial charge in [0.15, 0.2) is 12.3 Å². The minimum absolute atomic E-state index is 0.0437. The van der Waals surface area contributed by atoms with Crippen LogP contribution >= 0.6 is 0 Å². The van der Waals surface area contributed by atoms with Crippen molar-refractivity contribution in [3.8, 4) is 0 Å². The van der Waals surface area contributed by atoms with Crippen LogP contribution in [0.1, 0.15) is 48.0 Å². The molecule has 3 rings (SSSR count). The molecule has 1 amide bonds. The Labute approximate surface area is 228 Å². The molecule has 3 heterocycles. The summed E-state index contributed by atoms with van der Waals surface area (Å²) in [5.41, 5.74) is 0.0989. The van der Waals surface area contributed by atoms with Gasteiger partial charge in [-0.25, -0.2) is 0 Å². The highest BCUT2D eigenvalue weighted by molar-refractivity contribution is 5.83. The smallest absolute Gasteiger partial charge is 0.303 e. The highest BCUT2D eigenvalue weighted by Gasteiger charge is 2.56. The Morgan fingerprint density at radius 2 is 1.87 bits per heavy atom. The second-order valence-corrected chi connectivity index (χ2v) is 10.8. The molecular weight excluding hydrogens is 514 g/mol. The van der Waals surface area contributed by atoms with Crippen molar-refractivity contribution in [2.75, 3.05) is 20.5 Å². The number of esters is 2. The predicted molar refractivity (Wildman–Crippen MR) is 136 cm³/mol. The second-order valence-electron chi connectivity index (χ2n) is 10.8. The minimum Gasteiger partial charge on any atom is -0.491 e. The first-order valence-corrected chi connectivity index (χ1v) is 13.0. The number of rotatable bonds is 9. The SMILES string of the molecule is C=C1C=C([C@H](O)C(=O)N[C@@H]2OCO[C@H]3[C@@H]2O[C@H](C[C@H](COC(C)=O)OC(C)=O)C(C)(C)[C@@H]3OC)O[C@H](C)[C@@H]1C. The van der Waals surface area contributed by atoms with Gasteiger partial charge in [0.05, 0.1) is 12.2 Å². The van der Waals surface area contributed by atoms with Crippen LogP contribution in [0.4, 0.5) is 0 Å². The van der Waals surface area contributed by atoms with Gasteiger partial charge in [0.1, 0.15) is 43.6 Å². The number of carbonyl (C=O) groups is 3. The van der Waals surface area contributed by atoms with Gasteiger partial charge in [-0.15, -0.1) is 0 Å². The molecular formula is C27H41NO11. The van der Waals surface area contributed by atoms with E-state index >= 15 is 0 Å². The average molecular weight is 556 g/mol. The van der Waals surface area contributed by atoms with E-state index in [0.29, 0.717) is 0 Å². The standard InChI is InChI=1S/C27H41NO11/c1-13-9-19(37-15(3)14(13)2)21(31)25(32)28-26-23-22(35-12-36-26)24(33-8)27(6,7)20(39-23)10-18(38-17(5)30)11-34-16(4)29/h9,14-15,18,20-24,26,31H,1,10-12H2,2-8H3,(H,28,32)/t14-,15-,18-,20-,21+,22+,23+,24-,26-/m1/s1. The molecule has 39 heavy (non-hydrogen) atoms. The summed E-state index contributed by atoms with van der Waals surface area (Å²) in [6, 6.07) is 0. The number of aliphatic hydroxyl groups excluding tert-OH is 1. The number of aliphatic hydroxyl groups is 1. The maximum Gasteiger partial charge on any atom is 0.303 e. The molecule has 3 aliphatic rings. The van der Waals surface area contributed by atoms with Crippen LogP contribution in [0.15, 0.2) is 24.0 Å². The largest absolute Gasteiger partial charge is 0.491 e. The third-order valence-corrected chi connectivity index (χ3v) is 7.59. The lowest BCUT2D eigenvalue weighted by Crippen LogP contribution is -2.68. The summed E-state index contributed by atoms with van der Waals surface area (Å²) in [7, 11) is 1.55. The zero-order chi connectivity index (χ0) is 29.1. The van der Waals surface area contributed by atoms with Crippen LogP contribution in [-0.4, -0.2) is 92.4 Å². The number of ether oxygens (including phenoxy) is 7. The molecule has 0 aromatic carbocycles. The fourth-order valence-electron chi connectivity index (χ4n) is 5.15. The van der Waals surface area contributed by atoms with E-state index in [1.54, 1.807) is 13.2 Å². The summed E-state index contributed by atoms with van der Waals surface area (Å²) in [6.45, 7) is 13.9. The first-order chi connectivity index (χ1) is 18.3. The van der Waals surface area contributed by atoms with Crippen LogP contribution < -0.4 is 5.32 Å². The highest BCUT2D eigenvalue weighted by Crippen LogP contribution is 2.43. The zero-order valence-corrected chi connectivity index (χ0v) is 23.6. The Hall–Kier alpha value is -2.51. The number of carbonyl (C=O) groups excluding carboxylic acids is 3. The van der Waals surface area contributed by atoms with E-state index in [1.165, 1.54) is 13.8 Å². The number of fused-ring (bicyclic) bond motifs is 1. The molecule has 0 radical (unpaired) electrons. The maximum absolute atomic E-state index is 13.1. The number of methoxy groups -OCH3 is 1. The molecule has 0 aromatic heterocycles. The van der Waals surface area contributed by atoms with Gasteiger partial charge in [-0.2, -0.15) is 0 Å². The van der Waals surface area contributed by atoms with Gasteiger partial charge < -0.3 is 43.6 Å². The van der Waals surface area contributed by atoms with Crippen molar-refractivity contribution in [1.82, 2.24) is 5.32 Å². The Morgan fingerprint density at radius 3 is 2.46 bits per heavy atom. The lowest BCUT2D eigenvalue weighted by atomic mass is 9.72. The Bertz CT molecular complexity index is 963. The molecule has 0 unspecified atom stereocenters. The average Bonchev–Trinajstić information content (AvgIpc) is 2.85. The van der Waals surface area contributed by atoms with E-state index in [2.05, 4.69) is 11.9 Å². The van der Waals surface area contributed by atoms with E-state index in [4.69, 9.17) is 33.2 Å². The molecule has 0 bridgehead atoms. The van der Waals surface area contributed by atoms with Gasteiger partial charge in [-0.3, -0.25) is 14.4 Å². The summed E-state index contributed by atoms with van der Waals surface area (Å²) in [5.74, 6) is -1.64. The van der Waals surface area contributed by atoms with Crippen LogP contribution in [-0.2, 0) is 47.5 Å². The van der Waals surface area contributed by atoms with Gasteiger partial charge in [0.25, 0.3) is 5.91 Å². The van der Waals surface area contributed by atoms with E-state index < -0.39 is 66.1 Å². The monoisotopic (exact) mass is 555 g/mol. The molecule has 0 aromatic rings. The molecule has 9 atom stereocenters. The summed E-state index contributed by atoms with van der Waals surface area (Å²) in [6.07, 6.45) is -4.43. The van der Waals surface area contributed by atoms with E-state index in [-0.39, 0.29) is 37.6 Å². The molecule has 2 N–H and O–H groups in total. The van der Waals surface area contributed by atoms with Crippen LogP contribution in [0, 0.1) is 11.3 Å². The van der Waals surface area contributed by atoms with Crippen molar-refractivity contribution in [3.05, 3.63) is 24.0 Å². The summed E-state index contributed by atoms with van der Waals surface area (Å²) >= 11 is 0. The fraction of sp³-hybridized carbons (Fsp3) is 0.741. The summed E-state index contributed by atoms with van der Waals surface area (Å²) < 4.78 is 40.0. The quantitative estimate of drug-likeness (QED) is 0.397. The summed E-state index contributed by atoms with van der Waals surface area (Å²) in [4.78, 5) is 36.2. The van der Waals surface area contributed by atoms with Crippen molar-refractivity contribution < 1.29 is 52.6 Å². The Kier molecular flexibility index (Phi) is 10.2. The van der Waals surface area contributed by atoms with Crippen molar-refractivity contribution in [1.29, 1.82) is 0 Å². The van der Waals surface area contributed by atoms with Gasteiger partial charge in [0, 0.05) is 38.7 Å². The Morgan fingerprint density at radius 1 is 1.18 bits per heavy atom. The lowest BCUT2D eigenvalue weighted by Gasteiger charge is -2.54. The number of nitrogens with one attached hydrogen (secondary N) is 1. The fourth-order valence-corrected chi connectivity index (χ4v) is 5.15.